The Morgan fingerprint density at radius 2 is 0.783 bits per heavy atom. The van der Waals surface area contributed by atoms with E-state index in [-0.39, 0.29) is 55.7 Å². The van der Waals surface area contributed by atoms with Gasteiger partial charge in [0.1, 0.15) is 32.7 Å². The van der Waals surface area contributed by atoms with Gasteiger partial charge in [-0.2, -0.15) is 5.26 Å². The molecule has 0 bridgehead atoms. The van der Waals surface area contributed by atoms with Crippen LogP contribution in [0.5, 0.6) is 23.0 Å². The molecule has 1 unspecified atom stereocenters. The number of benzene rings is 8. The monoisotopic (exact) mass is 1370 g/mol. The zero-order chi connectivity index (χ0) is 67.9. The molecular formula is C76H90BrNO13Zn. The number of ether oxygens (including phenoxy) is 8. The van der Waals surface area contributed by atoms with Gasteiger partial charge in [-0.25, -0.2) is 0 Å². The molecule has 16 heteroatoms. The minimum Gasteiger partial charge on any atom is -0.497 e. The molecule has 0 saturated carbocycles. The molecule has 8 aromatic rings. The van der Waals surface area contributed by atoms with Gasteiger partial charge in [-0.05, 0) is 235 Å². The molecule has 0 aliphatic heterocycles. The first kappa shape index (κ1) is 78.1. The smallest absolute Gasteiger partial charge is 0.322 e. The van der Waals surface area contributed by atoms with Gasteiger partial charge in [-0.3, -0.25) is 24.0 Å². The summed E-state index contributed by atoms with van der Waals surface area (Å²) in [6, 6.07) is 49.1. The maximum Gasteiger partial charge on any atom is 0.322 e. The Morgan fingerprint density at radius 3 is 1.16 bits per heavy atom. The number of carbonyl (C=O) groups excluding carboxylic acids is 5. The van der Waals surface area contributed by atoms with Crippen molar-refractivity contribution in [3.05, 3.63) is 174 Å². The Labute approximate surface area is 565 Å². The Bertz CT molecular complexity index is 3870. The van der Waals surface area contributed by atoms with Crippen LogP contribution in [0.2, 0.25) is 0 Å². The zero-order valence-corrected chi connectivity index (χ0v) is 61.4. The van der Waals surface area contributed by atoms with Gasteiger partial charge in [0, 0.05) is 25.0 Å². The van der Waals surface area contributed by atoms with Gasteiger partial charge in [0.05, 0.1) is 77.3 Å². The Balaban J connectivity index is 0.000000309. The van der Waals surface area contributed by atoms with E-state index in [4.69, 9.17) is 43.2 Å². The normalized spacial score (nSPS) is 11.6. The van der Waals surface area contributed by atoms with Gasteiger partial charge in [0.15, 0.2) is 5.78 Å². The van der Waals surface area contributed by atoms with Crippen LogP contribution in [0, 0.1) is 27.6 Å². The van der Waals surface area contributed by atoms with Crippen molar-refractivity contribution in [2.24, 2.45) is 16.2 Å². The number of carbonyl (C=O) groups is 5. The minimum absolute atomic E-state index is 0. The molecule has 486 valence electrons. The number of hydrogen-bond acceptors (Lipinski definition) is 14. The molecule has 0 aliphatic rings. The van der Waals surface area contributed by atoms with E-state index < -0.39 is 26.5 Å². The summed E-state index contributed by atoms with van der Waals surface area (Å²) in [5, 5.41) is 17.3. The molecule has 0 fully saturated rings. The van der Waals surface area contributed by atoms with E-state index in [0.29, 0.717) is 30.9 Å². The maximum absolute atomic E-state index is 12.6. The Morgan fingerprint density at radius 1 is 0.446 bits per heavy atom. The number of nitriles is 1. The van der Waals surface area contributed by atoms with Crippen LogP contribution in [0.3, 0.4) is 0 Å². The van der Waals surface area contributed by atoms with Crippen LogP contribution in [0.4, 0.5) is 0 Å². The first-order chi connectivity index (χ1) is 43.1. The molecule has 0 amide bonds. The number of esters is 4. The molecule has 8 aromatic carbocycles. The van der Waals surface area contributed by atoms with Gasteiger partial charge < -0.3 is 37.9 Å². The van der Waals surface area contributed by atoms with Gasteiger partial charge in [-0.15, -0.1) is 0 Å². The third kappa shape index (κ3) is 21.0. The van der Waals surface area contributed by atoms with Crippen LogP contribution < -0.4 is 18.9 Å². The number of alkyl halides is 1. The standard InChI is InChI=1S/C20H26O3.C20H24O3.C18H20O4.C12H9NO.C6H11BrO2.Zn/c2*1-6-18(20(3,4)19(21)23-7-2)16-9-8-15-13-17(22-5)11-10-14(15)12-16;1-5-22-17(20)18(2,3)16(19)14-7-6-13-11-15(21-4)9-8-12(13)10-14;1-14-12-5-4-10-6-9(8-13)2-3-11(10)7-12;1-4-9-5(8)6(2,3)7;/h8-13,18H,6-7H2,1-5H3;6,8-13H,7H2,1-5H3;6-11H,5H2,1-4H3;2-7H,1H3;4H2,1-3H3;. The summed E-state index contributed by atoms with van der Waals surface area (Å²) in [6.07, 6.45) is 2.87. The van der Waals surface area contributed by atoms with E-state index in [9.17, 15) is 24.0 Å². The number of fused-ring (bicyclic) bond motifs is 4. The van der Waals surface area contributed by atoms with Gasteiger partial charge in [0.25, 0.3) is 0 Å². The average Bonchev–Trinajstić information content (AvgIpc) is 1.37. The molecule has 14 nitrogen and oxygen atoms in total. The summed E-state index contributed by atoms with van der Waals surface area (Å²) in [7, 11) is 6.59. The number of ketones is 1. The van der Waals surface area contributed by atoms with E-state index in [1.165, 1.54) is 5.56 Å². The van der Waals surface area contributed by atoms with Crippen molar-refractivity contribution in [1.82, 2.24) is 0 Å². The van der Waals surface area contributed by atoms with Crippen LogP contribution in [-0.4, -0.2) is 88.9 Å². The van der Waals surface area contributed by atoms with Crippen molar-refractivity contribution in [1.29, 1.82) is 5.26 Å². The van der Waals surface area contributed by atoms with Crippen molar-refractivity contribution in [3.63, 3.8) is 0 Å². The second kappa shape index (κ2) is 36.2. The fourth-order valence-corrected chi connectivity index (χ4v) is 10.1. The summed E-state index contributed by atoms with van der Waals surface area (Å²) >= 11 is 3.17. The van der Waals surface area contributed by atoms with Crippen molar-refractivity contribution in [3.8, 4) is 29.1 Å². The molecule has 8 rings (SSSR count). The van der Waals surface area contributed by atoms with Gasteiger partial charge in [0.2, 0.25) is 0 Å². The SMILES string of the molecule is CC=C(c1ccc2cc(OC)ccc2c1)C(C)(C)C(=O)OCC.CCOC(=O)C(C)(C)Br.CCOC(=O)C(C)(C)C(=O)c1ccc2cc(OC)ccc2c1.CCOC(=O)C(C)(C)C(CC)c1ccc2cc(OC)ccc2c1.COc1ccc2cc(C#N)ccc2c1.[Zn]. The number of allylic oxidation sites excluding steroid dienone is 1. The molecule has 0 saturated heterocycles. The number of halogens is 1. The van der Waals surface area contributed by atoms with Gasteiger partial charge in [-0.1, -0.05) is 102 Å². The summed E-state index contributed by atoms with van der Waals surface area (Å²) < 4.78 is 40.5. The number of methoxy groups -OCH3 is 4. The van der Waals surface area contributed by atoms with Crippen molar-refractivity contribution in [2.45, 2.75) is 114 Å². The van der Waals surface area contributed by atoms with E-state index in [1.807, 2.05) is 152 Å². The van der Waals surface area contributed by atoms with Crippen molar-refractivity contribution in [2.75, 3.05) is 54.9 Å². The van der Waals surface area contributed by atoms with Crippen LogP contribution in [-0.2, 0) is 57.6 Å². The number of rotatable bonds is 19. The predicted molar refractivity (Wildman–Crippen MR) is 369 cm³/mol. The average molecular weight is 1370 g/mol. The third-order valence-corrected chi connectivity index (χ3v) is 15.6. The topological polar surface area (TPSA) is 183 Å². The summed E-state index contributed by atoms with van der Waals surface area (Å²) in [5.74, 6) is 2.09. The quantitative estimate of drug-likeness (QED) is 0.0186. The largest absolute Gasteiger partial charge is 0.497 e. The van der Waals surface area contributed by atoms with Gasteiger partial charge >= 0.3 is 23.9 Å². The van der Waals surface area contributed by atoms with Crippen LogP contribution in [0.1, 0.15) is 136 Å². The van der Waals surface area contributed by atoms with Crippen LogP contribution in [0.25, 0.3) is 48.7 Å². The maximum atomic E-state index is 12.6. The predicted octanol–water partition coefficient (Wildman–Crippen LogP) is 17.8. The second-order valence-electron chi connectivity index (χ2n) is 23.2. The molecule has 0 spiro atoms. The number of Topliss-reactive ketones (excluding diaryl/α,β-unsaturated/α-hetero) is 1. The fraction of sp³-hybridized carbons (Fsp3) is 0.368. The molecule has 0 aliphatic carbocycles. The molecule has 0 aromatic heterocycles. The molecule has 0 radical (unpaired) electrons. The second-order valence-corrected chi connectivity index (χ2v) is 25.2. The summed E-state index contributed by atoms with van der Waals surface area (Å²) in [6.45, 7) is 27.2. The fourth-order valence-electron chi connectivity index (χ4n) is 10.0. The summed E-state index contributed by atoms with van der Waals surface area (Å²) in [4.78, 5) is 60.0. The van der Waals surface area contributed by atoms with E-state index in [1.54, 1.807) is 82.1 Å². The third-order valence-electron chi connectivity index (χ3n) is 15.3. The molecular weight excluding hydrogens is 1280 g/mol. The van der Waals surface area contributed by atoms with Crippen molar-refractivity contribution < 1.29 is 81.3 Å². The van der Waals surface area contributed by atoms with Crippen molar-refractivity contribution >= 4 is 94.3 Å². The van der Waals surface area contributed by atoms with E-state index in [0.717, 1.165) is 83.6 Å². The Kier molecular flexibility index (Phi) is 30.7. The van der Waals surface area contributed by atoms with Crippen LogP contribution >= 0.6 is 15.9 Å². The molecule has 0 N–H and O–H groups in total. The summed E-state index contributed by atoms with van der Waals surface area (Å²) in [5.41, 5.74) is 1.91. The first-order valence-electron chi connectivity index (χ1n) is 30.4. The van der Waals surface area contributed by atoms with E-state index >= 15 is 0 Å². The molecule has 0 heterocycles. The Hall–Kier alpha value is -8.12. The number of nitrogens with zero attached hydrogens (tertiary/aromatic N) is 1. The minimum atomic E-state index is -1.20. The zero-order valence-electron chi connectivity index (χ0n) is 56.9. The van der Waals surface area contributed by atoms with E-state index in [2.05, 4.69) is 65.3 Å². The van der Waals surface area contributed by atoms with Crippen LogP contribution in [0.15, 0.2) is 152 Å². The molecule has 1 atom stereocenters. The molecule has 92 heavy (non-hydrogen) atoms. The first-order valence-corrected chi connectivity index (χ1v) is 31.2. The number of hydrogen-bond donors (Lipinski definition) is 0.